The first kappa shape index (κ1) is 28.0. The van der Waals surface area contributed by atoms with E-state index in [1.54, 1.807) is 38.5 Å². The predicted molar refractivity (Wildman–Crippen MR) is 144 cm³/mol. The van der Waals surface area contributed by atoms with Gasteiger partial charge in [0.05, 0.1) is 33.0 Å². The Kier molecular flexibility index (Phi) is 9.36. The Balaban J connectivity index is 1.41. The summed E-state index contributed by atoms with van der Waals surface area (Å²) in [6.07, 6.45) is 2.09. The van der Waals surface area contributed by atoms with Gasteiger partial charge in [0.2, 0.25) is 0 Å². The molecule has 0 spiro atoms. The van der Waals surface area contributed by atoms with Crippen molar-refractivity contribution in [2.75, 3.05) is 47.6 Å². The number of fused-ring (bicyclic) bond motifs is 1. The predicted octanol–water partition coefficient (Wildman–Crippen LogP) is 6.29. The number of nitrogens with zero attached hydrogens (tertiary/aromatic N) is 1. The van der Waals surface area contributed by atoms with Gasteiger partial charge in [-0.25, -0.2) is 8.78 Å². The Morgan fingerprint density at radius 2 is 1.47 bits per heavy atom. The van der Waals surface area contributed by atoms with E-state index in [-0.39, 0.29) is 11.6 Å². The summed E-state index contributed by atoms with van der Waals surface area (Å²) >= 11 is 0. The molecule has 0 fully saturated rings. The molecule has 4 rings (SSSR count). The van der Waals surface area contributed by atoms with Gasteiger partial charge < -0.3 is 23.8 Å². The van der Waals surface area contributed by atoms with Crippen LogP contribution >= 0.6 is 0 Å². The van der Waals surface area contributed by atoms with Crippen LogP contribution < -0.4 is 9.47 Å². The van der Waals surface area contributed by atoms with Crippen molar-refractivity contribution in [3.8, 4) is 11.5 Å². The number of rotatable bonds is 12. The van der Waals surface area contributed by atoms with E-state index in [1.165, 1.54) is 35.4 Å². The maximum atomic E-state index is 13.5. The third kappa shape index (κ3) is 6.34. The van der Waals surface area contributed by atoms with Crippen molar-refractivity contribution in [2.24, 2.45) is 0 Å². The minimum absolute atomic E-state index is 0.307. The zero-order valence-electron chi connectivity index (χ0n) is 22.6. The number of hydrogen-bond donors (Lipinski definition) is 0. The van der Waals surface area contributed by atoms with E-state index in [0.29, 0.717) is 25.5 Å². The van der Waals surface area contributed by atoms with E-state index in [9.17, 15) is 8.78 Å². The lowest BCUT2D eigenvalue weighted by Gasteiger charge is -2.40. The highest BCUT2D eigenvalue weighted by molar-refractivity contribution is 5.50. The van der Waals surface area contributed by atoms with E-state index in [4.69, 9.17) is 18.9 Å². The zero-order chi connectivity index (χ0) is 27.1. The van der Waals surface area contributed by atoms with Gasteiger partial charge in [0.15, 0.2) is 11.5 Å². The molecule has 0 saturated heterocycles. The second-order valence-corrected chi connectivity index (χ2v) is 9.72. The maximum Gasteiger partial charge on any atom is 0.161 e. The summed E-state index contributed by atoms with van der Waals surface area (Å²) < 4.78 is 50.8. The summed E-state index contributed by atoms with van der Waals surface area (Å²) in [7, 11) is 5.38. The first-order valence-electron chi connectivity index (χ1n) is 13.1. The highest BCUT2D eigenvalue weighted by atomic mass is 19.1. The largest absolute Gasteiger partial charge is 0.493 e. The first-order chi connectivity index (χ1) is 18.4. The van der Waals surface area contributed by atoms with Crippen LogP contribution in [0.5, 0.6) is 11.5 Å². The fraction of sp³-hybridized carbons (Fsp3) is 0.419. The molecule has 5 nitrogen and oxygen atoms in total. The van der Waals surface area contributed by atoms with Crippen LogP contribution in [-0.2, 0) is 21.5 Å². The van der Waals surface area contributed by atoms with Gasteiger partial charge in [0, 0.05) is 13.1 Å². The van der Waals surface area contributed by atoms with Crippen molar-refractivity contribution in [3.05, 3.63) is 94.6 Å². The topological polar surface area (TPSA) is 40.2 Å². The average Bonchev–Trinajstić information content (AvgIpc) is 2.94. The van der Waals surface area contributed by atoms with Crippen molar-refractivity contribution in [1.82, 2.24) is 4.90 Å². The summed E-state index contributed by atoms with van der Waals surface area (Å²) in [5.74, 6) is 0.839. The van der Waals surface area contributed by atoms with Crippen LogP contribution in [0.3, 0.4) is 0 Å². The second kappa shape index (κ2) is 12.7. The molecule has 1 aliphatic rings. The fourth-order valence-electron chi connectivity index (χ4n) is 5.13. The van der Waals surface area contributed by atoms with Crippen molar-refractivity contribution in [1.29, 1.82) is 0 Å². The summed E-state index contributed by atoms with van der Waals surface area (Å²) in [6, 6.07) is 16.6. The fourth-order valence-corrected chi connectivity index (χ4v) is 5.13. The number of benzene rings is 3. The van der Waals surface area contributed by atoms with Gasteiger partial charge in [0.25, 0.3) is 0 Å². The van der Waals surface area contributed by atoms with Crippen LogP contribution in [0.2, 0.25) is 0 Å². The van der Waals surface area contributed by atoms with Gasteiger partial charge in [0.1, 0.15) is 17.7 Å². The normalized spacial score (nSPS) is 17.1. The Morgan fingerprint density at radius 1 is 0.895 bits per heavy atom. The molecule has 204 valence electrons. The molecule has 1 heterocycles. The SMILES string of the molecule is CCC1(CCN(C)CCOC(c2ccc(F)cc2)c2ccc(F)cc2)OCCc2cc(OC)c(OC)cc21. The van der Waals surface area contributed by atoms with Gasteiger partial charge in [-0.15, -0.1) is 0 Å². The molecular formula is C31H37F2NO4. The highest BCUT2D eigenvalue weighted by Crippen LogP contribution is 2.43. The molecule has 7 heteroatoms. The maximum absolute atomic E-state index is 13.5. The number of hydrogen-bond acceptors (Lipinski definition) is 5. The lowest BCUT2D eigenvalue weighted by molar-refractivity contribution is -0.0741. The van der Waals surface area contributed by atoms with Gasteiger partial charge in [-0.1, -0.05) is 31.2 Å². The van der Waals surface area contributed by atoms with Crippen LogP contribution in [0.25, 0.3) is 0 Å². The standard InChI is InChI=1S/C31H37F2NO4/c1-5-31(27-21-29(36-4)28(35-3)20-24(27)14-18-38-31)15-16-34(2)17-19-37-30(22-6-10-25(32)11-7-22)23-8-12-26(33)13-9-23/h6-13,20-21,30H,5,14-19H2,1-4H3. The van der Waals surface area contributed by atoms with E-state index >= 15 is 0 Å². The van der Waals surface area contributed by atoms with Crippen molar-refractivity contribution in [3.63, 3.8) is 0 Å². The molecule has 1 unspecified atom stereocenters. The summed E-state index contributed by atoms with van der Waals surface area (Å²) in [6.45, 7) is 4.78. The van der Waals surface area contributed by atoms with Gasteiger partial charge in [-0.2, -0.15) is 0 Å². The number of likely N-dealkylation sites (N-methyl/N-ethyl adjacent to an activating group) is 1. The summed E-state index contributed by atoms with van der Waals surface area (Å²) in [5.41, 5.74) is 3.65. The highest BCUT2D eigenvalue weighted by Gasteiger charge is 2.37. The van der Waals surface area contributed by atoms with Gasteiger partial charge in [-0.05, 0) is 85.0 Å². The molecule has 38 heavy (non-hydrogen) atoms. The van der Waals surface area contributed by atoms with Crippen LogP contribution in [0.15, 0.2) is 60.7 Å². The smallest absolute Gasteiger partial charge is 0.161 e. The molecular weight excluding hydrogens is 488 g/mol. The third-order valence-corrected chi connectivity index (χ3v) is 7.42. The Hall–Kier alpha value is -3.00. The number of methoxy groups -OCH3 is 2. The molecule has 0 aromatic heterocycles. The van der Waals surface area contributed by atoms with E-state index in [2.05, 4.69) is 31.0 Å². The van der Waals surface area contributed by atoms with Gasteiger partial charge in [-0.3, -0.25) is 0 Å². The van der Waals surface area contributed by atoms with E-state index in [1.807, 2.05) is 0 Å². The minimum atomic E-state index is -0.414. The van der Waals surface area contributed by atoms with Crippen LogP contribution in [0, 0.1) is 11.6 Å². The quantitative estimate of drug-likeness (QED) is 0.278. The summed E-state index contributed by atoms with van der Waals surface area (Å²) in [4.78, 5) is 2.22. The monoisotopic (exact) mass is 525 g/mol. The van der Waals surface area contributed by atoms with Crippen LogP contribution in [-0.4, -0.2) is 52.5 Å². The molecule has 0 aliphatic carbocycles. The Bertz CT molecular complexity index is 1140. The minimum Gasteiger partial charge on any atom is -0.493 e. The average molecular weight is 526 g/mol. The molecule has 1 aliphatic heterocycles. The number of ether oxygens (including phenoxy) is 4. The Morgan fingerprint density at radius 3 is 2.03 bits per heavy atom. The third-order valence-electron chi connectivity index (χ3n) is 7.42. The second-order valence-electron chi connectivity index (χ2n) is 9.72. The summed E-state index contributed by atoms with van der Waals surface area (Å²) in [5, 5.41) is 0. The number of halogens is 2. The lowest BCUT2D eigenvalue weighted by Crippen LogP contribution is -2.39. The molecule has 0 bridgehead atoms. The van der Waals surface area contributed by atoms with Crippen LogP contribution in [0.4, 0.5) is 8.78 Å². The molecule has 1 atom stereocenters. The van der Waals surface area contributed by atoms with Gasteiger partial charge >= 0.3 is 0 Å². The molecule has 0 amide bonds. The van der Waals surface area contributed by atoms with Crippen molar-refractivity contribution in [2.45, 2.75) is 37.9 Å². The van der Waals surface area contributed by atoms with E-state index in [0.717, 1.165) is 42.7 Å². The first-order valence-corrected chi connectivity index (χ1v) is 13.1. The molecule has 0 radical (unpaired) electrons. The Labute approximate surface area is 224 Å². The van der Waals surface area contributed by atoms with Crippen LogP contribution in [0.1, 0.15) is 48.1 Å². The lowest BCUT2D eigenvalue weighted by atomic mass is 9.81. The molecule has 0 saturated carbocycles. The molecule has 3 aromatic carbocycles. The van der Waals surface area contributed by atoms with Crippen molar-refractivity contribution < 1.29 is 27.7 Å². The molecule has 0 N–H and O–H groups in total. The zero-order valence-corrected chi connectivity index (χ0v) is 22.6. The molecule has 3 aromatic rings. The van der Waals surface area contributed by atoms with Crippen molar-refractivity contribution >= 4 is 0 Å². The van der Waals surface area contributed by atoms with E-state index < -0.39 is 11.7 Å².